The molecule has 8 nitrogen and oxygen atoms in total. The van der Waals surface area contributed by atoms with E-state index in [2.05, 4.69) is 4.72 Å². The Labute approximate surface area is 147 Å². The van der Waals surface area contributed by atoms with Gasteiger partial charge in [-0.1, -0.05) is 19.3 Å². The number of hydrogen-bond donors (Lipinski definition) is 2. The Morgan fingerprint density at radius 3 is 2.56 bits per heavy atom. The predicted octanol–water partition coefficient (Wildman–Crippen LogP) is 2.21. The molecule has 0 bridgehead atoms. The summed E-state index contributed by atoms with van der Waals surface area (Å²) >= 11 is 0. The average Bonchev–Trinajstić information content (AvgIpc) is 2.60. The third-order valence-corrected chi connectivity index (χ3v) is 6.26. The molecule has 140 valence electrons. The molecule has 1 aliphatic carbocycles. The first-order valence-electron chi connectivity index (χ1n) is 8.26. The molecular weight excluding hydrogens is 348 g/mol. The highest BCUT2D eigenvalue weighted by Gasteiger charge is 2.34. The van der Waals surface area contributed by atoms with E-state index in [1.54, 1.807) is 0 Å². The number of aliphatic hydroxyl groups is 1. The van der Waals surface area contributed by atoms with E-state index in [4.69, 9.17) is 4.74 Å². The zero-order valence-electron chi connectivity index (χ0n) is 14.2. The summed E-state index contributed by atoms with van der Waals surface area (Å²) in [6.45, 7) is 0.198. The van der Waals surface area contributed by atoms with Gasteiger partial charge in [0.2, 0.25) is 10.0 Å². The topological polar surface area (TPSA) is 119 Å². The highest BCUT2D eigenvalue weighted by molar-refractivity contribution is 7.89. The van der Waals surface area contributed by atoms with Crippen LogP contribution in [0.4, 0.5) is 5.69 Å². The van der Waals surface area contributed by atoms with E-state index in [0.29, 0.717) is 6.42 Å². The fourth-order valence-corrected chi connectivity index (χ4v) is 4.71. The number of nitrogens with one attached hydrogen (secondary N) is 1. The Balaban J connectivity index is 2.26. The first-order valence-corrected chi connectivity index (χ1v) is 9.75. The van der Waals surface area contributed by atoms with Gasteiger partial charge in [-0.05, 0) is 30.7 Å². The second-order valence-electron chi connectivity index (χ2n) is 6.45. The van der Waals surface area contributed by atoms with Crippen LogP contribution in [-0.4, -0.2) is 38.7 Å². The standard InChI is InChI=1S/C16H24N2O6S/c1-24-14-6-5-13(18(20)21)11-15(14)25(22,23)17-12-16(9-10-19)7-3-2-4-8-16/h5-6,11,17,19H,2-4,7-10,12H2,1H3. The van der Waals surface area contributed by atoms with Gasteiger partial charge in [0.15, 0.2) is 0 Å². The molecule has 0 spiro atoms. The Hall–Kier alpha value is -1.71. The number of benzene rings is 1. The fourth-order valence-electron chi connectivity index (χ4n) is 3.37. The van der Waals surface area contributed by atoms with Crippen molar-refractivity contribution in [1.82, 2.24) is 4.72 Å². The second-order valence-corrected chi connectivity index (χ2v) is 8.19. The van der Waals surface area contributed by atoms with Crippen LogP contribution in [0.25, 0.3) is 0 Å². The number of sulfonamides is 1. The summed E-state index contributed by atoms with van der Waals surface area (Å²) in [5.74, 6) is 0.0537. The zero-order valence-corrected chi connectivity index (χ0v) is 15.0. The molecule has 0 aromatic heterocycles. The van der Waals surface area contributed by atoms with E-state index < -0.39 is 14.9 Å². The number of nitro benzene ring substituents is 1. The molecule has 0 amide bonds. The molecule has 1 saturated carbocycles. The van der Waals surface area contributed by atoms with Crippen molar-refractivity contribution in [2.75, 3.05) is 20.3 Å². The van der Waals surface area contributed by atoms with Gasteiger partial charge in [0, 0.05) is 25.3 Å². The summed E-state index contributed by atoms with van der Waals surface area (Å²) in [6.07, 6.45) is 5.34. The Morgan fingerprint density at radius 2 is 2.00 bits per heavy atom. The van der Waals surface area contributed by atoms with E-state index >= 15 is 0 Å². The lowest BCUT2D eigenvalue weighted by Gasteiger charge is -2.37. The lowest BCUT2D eigenvalue weighted by molar-refractivity contribution is -0.385. The second kappa shape index (κ2) is 8.11. The van der Waals surface area contributed by atoms with Crippen LogP contribution in [0.2, 0.25) is 0 Å². The van der Waals surface area contributed by atoms with Gasteiger partial charge in [-0.2, -0.15) is 0 Å². The number of methoxy groups -OCH3 is 1. The summed E-state index contributed by atoms with van der Waals surface area (Å²) in [6, 6.07) is 3.48. The summed E-state index contributed by atoms with van der Waals surface area (Å²) in [5, 5.41) is 20.3. The minimum absolute atomic E-state index is 0.00184. The van der Waals surface area contributed by atoms with Gasteiger partial charge in [0.05, 0.1) is 12.0 Å². The summed E-state index contributed by atoms with van der Waals surface area (Å²) < 4.78 is 33.0. The van der Waals surface area contributed by atoms with Crippen LogP contribution in [0.5, 0.6) is 5.75 Å². The third kappa shape index (κ3) is 4.68. The largest absolute Gasteiger partial charge is 0.495 e. The Kier molecular flexibility index (Phi) is 6.36. The summed E-state index contributed by atoms with van der Waals surface area (Å²) in [5.41, 5.74) is -0.586. The quantitative estimate of drug-likeness (QED) is 0.533. The number of non-ortho nitro benzene ring substituents is 1. The highest BCUT2D eigenvalue weighted by atomic mass is 32.2. The normalized spacial score (nSPS) is 17.2. The maximum Gasteiger partial charge on any atom is 0.271 e. The first kappa shape index (κ1) is 19.6. The van der Waals surface area contributed by atoms with E-state index in [-0.39, 0.29) is 34.9 Å². The minimum atomic E-state index is -3.98. The van der Waals surface area contributed by atoms with Gasteiger partial charge in [-0.3, -0.25) is 10.1 Å². The smallest absolute Gasteiger partial charge is 0.271 e. The van der Waals surface area contributed by atoms with E-state index in [1.807, 2.05) is 0 Å². The molecule has 2 rings (SSSR count). The molecule has 9 heteroatoms. The van der Waals surface area contributed by atoms with Crippen LogP contribution in [0, 0.1) is 15.5 Å². The Morgan fingerprint density at radius 1 is 1.32 bits per heavy atom. The molecule has 0 saturated heterocycles. The summed E-state index contributed by atoms with van der Waals surface area (Å²) in [7, 11) is -2.66. The molecule has 1 aromatic carbocycles. The molecule has 0 aliphatic heterocycles. The maximum absolute atomic E-state index is 12.7. The molecule has 2 N–H and O–H groups in total. The SMILES string of the molecule is COc1ccc([N+](=O)[O-])cc1S(=O)(=O)NCC1(CCO)CCCCC1. The molecule has 0 heterocycles. The molecule has 0 unspecified atom stereocenters. The van der Waals surface area contributed by atoms with Crippen molar-refractivity contribution in [2.45, 2.75) is 43.4 Å². The monoisotopic (exact) mass is 372 g/mol. The third-order valence-electron chi connectivity index (χ3n) is 4.84. The Bertz CT molecular complexity index is 708. The molecule has 0 atom stereocenters. The van der Waals surface area contributed by atoms with Crippen molar-refractivity contribution in [3.05, 3.63) is 28.3 Å². The average molecular weight is 372 g/mol. The van der Waals surface area contributed by atoms with Crippen molar-refractivity contribution < 1.29 is 23.2 Å². The van der Waals surface area contributed by atoms with Crippen molar-refractivity contribution >= 4 is 15.7 Å². The number of nitrogens with zero attached hydrogens (tertiary/aromatic N) is 1. The van der Waals surface area contributed by atoms with Crippen molar-refractivity contribution in [3.8, 4) is 5.75 Å². The van der Waals surface area contributed by atoms with Crippen molar-refractivity contribution in [1.29, 1.82) is 0 Å². The van der Waals surface area contributed by atoms with Crippen molar-refractivity contribution in [2.24, 2.45) is 5.41 Å². The maximum atomic E-state index is 12.7. The highest BCUT2D eigenvalue weighted by Crippen LogP contribution is 2.39. The fraction of sp³-hybridized carbons (Fsp3) is 0.625. The van der Waals surface area contributed by atoms with Gasteiger partial charge in [-0.15, -0.1) is 0 Å². The number of rotatable bonds is 8. The lowest BCUT2D eigenvalue weighted by Crippen LogP contribution is -2.39. The number of nitro groups is 1. The molecule has 1 aromatic rings. The van der Waals surface area contributed by atoms with Gasteiger partial charge in [0.1, 0.15) is 10.6 Å². The number of hydrogen-bond acceptors (Lipinski definition) is 6. The van der Waals surface area contributed by atoms with Crippen LogP contribution in [0.1, 0.15) is 38.5 Å². The van der Waals surface area contributed by atoms with E-state index in [1.165, 1.54) is 19.2 Å². The van der Waals surface area contributed by atoms with E-state index in [0.717, 1.165) is 38.2 Å². The first-order chi connectivity index (χ1) is 11.8. The number of ether oxygens (including phenoxy) is 1. The van der Waals surface area contributed by atoms with Gasteiger partial charge >= 0.3 is 0 Å². The minimum Gasteiger partial charge on any atom is -0.495 e. The zero-order chi connectivity index (χ0) is 18.5. The van der Waals surface area contributed by atoms with Gasteiger partial charge in [0.25, 0.3) is 5.69 Å². The molecule has 25 heavy (non-hydrogen) atoms. The lowest BCUT2D eigenvalue weighted by atomic mass is 9.72. The van der Waals surface area contributed by atoms with Crippen LogP contribution in [0.3, 0.4) is 0 Å². The predicted molar refractivity (Wildman–Crippen MR) is 92.1 cm³/mol. The van der Waals surface area contributed by atoms with Crippen LogP contribution < -0.4 is 9.46 Å². The number of aliphatic hydroxyl groups excluding tert-OH is 1. The molecule has 0 radical (unpaired) electrons. The summed E-state index contributed by atoms with van der Waals surface area (Å²) in [4.78, 5) is 10.0. The van der Waals surface area contributed by atoms with Crippen LogP contribution in [0.15, 0.2) is 23.1 Å². The van der Waals surface area contributed by atoms with Crippen molar-refractivity contribution in [3.63, 3.8) is 0 Å². The van der Waals surface area contributed by atoms with Gasteiger partial charge < -0.3 is 9.84 Å². The van der Waals surface area contributed by atoms with E-state index in [9.17, 15) is 23.6 Å². The van der Waals surface area contributed by atoms with Crippen LogP contribution >= 0.6 is 0 Å². The molecular formula is C16H24N2O6S. The molecule has 1 fully saturated rings. The van der Waals surface area contributed by atoms with Crippen LogP contribution in [-0.2, 0) is 10.0 Å². The molecule has 1 aliphatic rings. The van der Waals surface area contributed by atoms with Gasteiger partial charge in [-0.25, -0.2) is 13.1 Å².